The van der Waals surface area contributed by atoms with Crippen LogP contribution in [0.1, 0.15) is 58.7 Å². The van der Waals surface area contributed by atoms with E-state index in [-0.39, 0.29) is 29.2 Å². The van der Waals surface area contributed by atoms with Crippen molar-refractivity contribution in [3.63, 3.8) is 0 Å². The summed E-state index contributed by atoms with van der Waals surface area (Å²) in [5.74, 6) is 0.209. The van der Waals surface area contributed by atoms with Crippen molar-refractivity contribution in [2.75, 3.05) is 26.2 Å². The molecule has 0 saturated carbocycles. The Hall–Kier alpha value is -3.19. The molecule has 2 heterocycles. The number of carbonyl (C=O) groups is 2. The Kier molecular flexibility index (Phi) is 9.78. The highest BCUT2D eigenvalue weighted by molar-refractivity contribution is 6.30. The van der Waals surface area contributed by atoms with E-state index >= 15 is 0 Å². The Balaban J connectivity index is 1.69. The number of amides is 2. The highest BCUT2D eigenvalue weighted by Gasteiger charge is 2.34. The van der Waals surface area contributed by atoms with E-state index in [0.29, 0.717) is 66.5 Å². The quantitative estimate of drug-likeness (QED) is 0.334. The van der Waals surface area contributed by atoms with Crippen LogP contribution >= 0.6 is 11.6 Å². The number of unbranched alkanes of at least 4 members (excludes halogenated alkanes) is 1. The van der Waals surface area contributed by atoms with Gasteiger partial charge in [-0.1, -0.05) is 49.6 Å². The maximum Gasteiger partial charge on any atom is 0.265 e. The number of hydrogen-bond donors (Lipinski definition) is 0. The molecule has 0 aliphatic carbocycles. The fourth-order valence-electron chi connectivity index (χ4n) is 5.61. The van der Waals surface area contributed by atoms with Gasteiger partial charge in [0.05, 0.1) is 22.5 Å². The Morgan fingerprint density at radius 3 is 2.59 bits per heavy atom. The van der Waals surface area contributed by atoms with Crippen molar-refractivity contribution in [3.8, 4) is 5.69 Å². The summed E-state index contributed by atoms with van der Waals surface area (Å²) >= 11 is 6.30. The van der Waals surface area contributed by atoms with Gasteiger partial charge in [0.15, 0.2) is 0 Å². The van der Waals surface area contributed by atoms with Crippen LogP contribution in [0, 0.1) is 11.8 Å². The Labute approximate surface area is 235 Å². The summed E-state index contributed by atoms with van der Waals surface area (Å²) in [6.07, 6.45) is 4.49. The monoisotopic (exact) mass is 550 g/mol. The highest BCUT2D eigenvalue weighted by atomic mass is 35.5. The minimum absolute atomic E-state index is 0.0422. The number of fused-ring (bicyclic) bond motifs is 1. The van der Waals surface area contributed by atoms with Crippen LogP contribution in [0.2, 0.25) is 5.02 Å². The molecule has 0 bridgehead atoms. The molecule has 0 N–H and O–H groups in total. The summed E-state index contributed by atoms with van der Waals surface area (Å²) in [5, 5.41) is 1.04. The number of piperidine rings is 1. The van der Waals surface area contributed by atoms with Crippen molar-refractivity contribution in [1.82, 2.24) is 19.4 Å². The molecule has 2 aromatic carbocycles. The van der Waals surface area contributed by atoms with Crippen LogP contribution in [-0.4, -0.2) is 57.3 Å². The second-order valence-electron chi connectivity index (χ2n) is 10.3. The first kappa shape index (κ1) is 28.8. The standard InChI is InChI=1S/C31H39ClN4O3/c1-4-7-12-22(29(37)35-18-11-13-23(21-35)30(38)34(5-2)6-3)19-28-33-27-17-9-8-16-26(27)31(39)36(28)25-15-10-14-24(32)20-25/h8-10,14-17,20,22-23H,4-7,11-13,18-19,21H2,1-3H3. The number of rotatable bonds is 10. The molecular formula is C31H39ClN4O3. The van der Waals surface area contributed by atoms with E-state index in [4.69, 9.17) is 16.6 Å². The Morgan fingerprint density at radius 2 is 1.87 bits per heavy atom. The van der Waals surface area contributed by atoms with E-state index in [0.717, 1.165) is 25.7 Å². The van der Waals surface area contributed by atoms with Crippen LogP contribution in [0.5, 0.6) is 0 Å². The normalized spacial score (nSPS) is 16.3. The highest BCUT2D eigenvalue weighted by Crippen LogP contribution is 2.25. The van der Waals surface area contributed by atoms with Gasteiger partial charge in [-0.05, 0) is 63.4 Å². The first-order valence-corrected chi connectivity index (χ1v) is 14.6. The molecule has 208 valence electrons. The van der Waals surface area contributed by atoms with Crippen molar-refractivity contribution in [2.45, 2.75) is 59.3 Å². The van der Waals surface area contributed by atoms with Crippen LogP contribution in [0.25, 0.3) is 16.6 Å². The lowest BCUT2D eigenvalue weighted by Gasteiger charge is -2.36. The second-order valence-corrected chi connectivity index (χ2v) is 10.8. The lowest BCUT2D eigenvalue weighted by atomic mass is 9.92. The molecule has 7 nitrogen and oxygen atoms in total. The Bertz CT molecular complexity index is 1370. The smallest absolute Gasteiger partial charge is 0.265 e. The molecule has 8 heteroatoms. The van der Waals surface area contributed by atoms with E-state index < -0.39 is 0 Å². The third-order valence-corrected chi connectivity index (χ3v) is 7.99. The summed E-state index contributed by atoms with van der Waals surface area (Å²) in [7, 11) is 0. The summed E-state index contributed by atoms with van der Waals surface area (Å²) < 4.78 is 1.60. The van der Waals surface area contributed by atoms with E-state index in [1.165, 1.54) is 0 Å². The summed E-state index contributed by atoms with van der Waals surface area (Å²) in [4.78, 5) is 49.4. The first-order valence-electron chi connectivity index (χ1n) is 14.2. The van der Waals surface area contributed by atoms with Gasteiger partial charge >= 0.3 is 0 Å². The third-order valence-electron chi connectivity index (χ3n) is 7.75. The van der Waals surface area contributed by atoms with Crippen LogP contribution in [0.3, 0.4) is 0 Å². The number of benzene rings is 2. The largest absolute Gasteiger partial charge is 0.343 e. The number of likely N-dealkylation sites (tertiary alicyclic amines) is 1. The molecular weight excluding hydrogens is 512 g/mol. The second kappa shape index (κ2) is 13.2. The van der Waals surface area contributed by atoms with Gasteiger partial charge in [0.25, 0.3) is 5.56 Å². The molecule has 0 radical (unpaired) electrons. The number of hydrogen-bond acceptors (Lipinski definition) is 4. The molecule has 1 saturated heterocycles. The van der Waals surface area contributed by atoms with Crippen molar-refractivity contribution in [2.24, 2.45) is 11.8 Å². The number of para-hydroxylation sites is 1. The lowest BCUT2D eigenvalue weighted by molar-refractivity contribution is -0.142. The SMILES string of the molecule is CCCCC(Cc1nc2ccccc2c(=O)n1-c1cccc(Cl)c1)C(=O)N1CCCC(C(=O)N(CC)CC)C1. The predicted molar refractivity (Wildman–Crippen MR) is 156 cm³/mol. The molecule has 1 aliphatic rings. The minimum atomic E-state index is -0.342. The zero-order valence-electron chi connectivity index (χ0n) is 23.2. The molecule has 1 aliphatic heterocycles. The molecule has 39 heavy (non-hydrogen) atoms. The molecule has 3 aromatic rings. The van der Waals surface area contributed by atoms with Crippen LogP contribution in [-0.2, 0) is 16.0 Å². The van der Waals surface area contributed by atoms with Gasteiger partial charge in [-0.3, -0.25) is 19.0 Å². The average molecular weight is 551 g/mol. The van der Waals surface area contributed by atoms with Crippen LogP contribution in [0.4, 0.5) is 0 Å². The minimum Gasteiger partial charge on any atom is -0.343 e. The fraction of sp³-hybridized carbons (Fsp3) is 0.484. The predicted octanol–water partition coefficient (Wildman–Crippen LogP) is 5.50. The molecule has 1 fully saturated rings. The number of carbonyl (C=O) groups excluding carboxylic acids is 2. The third kappa shape index (κ3) is 6.52. The lowest BCUT2D eigenvalue weighted by Crippen LogP contribution is -2.48. The van der Waals surface area contributed by atoms with Crippen LogP contribution in [0.15, 0.2) is 53.3 Å². The molecule has 4 rings (SSSR count). The van der Waals surface area contributed by atoms with Crippen LogP contribution < -0.4 is 5.56 Å². The van der Waals surface area contributed by atoms with E-state index in [1.807, 2.05) is 54.0 Å². The van der Waals surface area contributed by atoms with E-state index in [1.54, 1.807) is 22.8 Å². The van der Waals surface area contributed by atoms with Gasteiger partial charge in [0.2, 0.25) is 11.8 Å². The topological polar surface area (TPSA) is 75.5 Å². The zero-order valence-corrected chi connectivity index (χ0v) is 24.0. The summed E-state index contributed by atoms with van der Waals surface area (Å²) in [5.41, 5.74) is 1.06. The van der Waals surface area contributed by atoms with Gasteiger partial charge in [-0.25, -0.2) is 4.98 Å². The van der Waals surface area contributed by atoms with Gasteiger partial charge in [0, 0.05) is 43.5 Å². The number of aromatic nitrogens is 2. The molecule has 2 atom stereocenters. The van der Waals surface area contributed by atoms with Gasteiger partial charge in [0.1, 0.15) is 5.82 Å². The van der Waals surface area contributed by atoms with Crippen molar-refractivity contribution >= 4 is 34.3 Å². The fourth-order valence-corrected chi connectivity index (χ4v) is 5.80. The van der Waals surface area contributed by atoms with E-state index in [2.05, 4.69) is 6.92 Å². The number of halogens is 1. The van der Waals surface area contributed by atoms with E-state index in [9.17, 15) is 14.4 Å². The van der Waals surface area contributed by atoms with Crippen molar-refractivity contribution < 1.29 is 9.59 Å². The maximum absolute atomic E-state index is 14.0. The van der Waals surface area contributed by atoms with Gasteiger partial charge < -0.3 is 9.80 Å². The molecule has 2 unspecified atom stereocenters. The van der Waals surface area contributed by atoms with Gasteiger partial charge in [-0.2, -0.15) is 0 Å². The zero-order chi connectivity index (χ0) is 27.9. The molecule has 0 spiro atoms. The maximum atomic E-state index is 14.0. The van der Waals surface area contributed by atoms with Crippen molar-refractivity contribution in [1.29, 1.82) is 0 Å². The van der Waals surface area contributed by atoms with Gasteiger partial charge in [-0.15, -0.1) is 0 Å². The summed E-state index contributed by atoms with van der Waals surface area (Å²) in [6, 6.07) is 14.5. The Morgan fingerprint density at radius 1 is 1.10 bits per heavy atom. The summed E-state index contributed by atoms with van der Waals surface area (Å²) in [6.45, 7) is 8.53. The first-order chi connectivity index (χ1) is 18.9. The average Bonchev–Trinajstić information content (AvgIpc) is 2.95. The molecule has 1 aromatic heterocycles. The molecule has 2 amide bonds. The van der Waals surface area contributed by atoms with Crippen molar-refractivity contribution in [3.05, 3.63) is 69.7 Å². The number of nitrogens with zero attached hydrogens (tertiary/aromatic N) is 4.